The number of non-ortho nitro benzene ring substituents is 1. The van der Waals surface area contributed by atoms with Gasteiger partial charge in [-0.15, -0.1) is 12.4 Å². The van der Waals surface area contributed by atoms with Gasteiger partial charge in [-0.1, -0.05) is 12.1 Å². The molecule has 0 spiro atoms. The van der Waals surface area contributed by atoms with Gasteiger partial charge in [-0.05, 0) is 50.8 Å². The summed E-state index contributed by atoms with van der Waals surface area (Å²) < 4.78 is 0. The minimum Gasteiger partial charge on any atom is -0.338 e. The summed E-state index contributed by atoms with van der Waals surface area (Å²) >= 11 is 0. The number of amides is 1. The second kappa shape index (κ2) is 9.15. The molecule has 2 heterocycles. The van der Waals surface area contributed by atoms with Crippen molar-refractivity contribution in [1.29, 1.82) is 0 Å². The van der Waals surface area contributed by atoms with E-state index < -0.39 is 4.92 Å². The number of halogens is 1. The van der Waals surface area contributed by atoms with Crippen LogP contribution in [-0.4, -0.2) is 52.9 Å². The highest BCUT2D eigenvalue weighted by Gasteiger charge is 2.29. The second-order valence-corrected chi connectivity index (χ2v) is 6.84. The van der Waals surface area contributed by atoms with E-state index in [0.717, 1.165) is 44.6 Å². The number of benzene rings is 1. The first-order valence-electron chi connectivity index (χ1n) is 8.88. The molecular formula is C18H26ClN3O3. The third-order valence-electron chi connectivity index (χ3n) is 5.12. The van der Waals surface area contributed by atoms with Crippen molar-refractivity contribution >= 4 is 24.0 Å². The van der Waals surface area contributed by atoms with Gasteiger partial charge in [-0.3, -0.25) is 14.9 Å². The number of piperidine rings is 1. The van der Waals surface area contributed by atoms with Crippen LogP contribution in [0.25, 0.3) is 0 Å². The maximum Gasteiger partial charge on any atom is 0.269 e. The fraction of sp³-hybridized carbons (Fsp3) is 0.611. The third-order valence-corrected chi connectivity index (χ3v) is 5.12. The highest BCUT2D eigenvalue weighted by Crippen LogP contribution is 2.21. The maximum atomic E-state index is 12.7. The summed E-state index contributed by atoms with van der Waals surface area (Å²) in [7, 11) is 0. The van der Waals surface area contributed by atoms with Gasteiger partial charge in [0.2, 0.25) is 5.91 Å². The van der Waals surface area contributed by atoms with E-state index in [4.69, 9.17) is 0 Å². The molecule has 1 aromatic rings. The summed E-state index contributed by atoms with van der Waals surface area (Å²) in [6.45, 7) is 4.14. The molecule has 0 radical (unpaired) electrons. The number of rotatable bonds is 5. The van der Waals surface area contributed by atoms with Crippen LogP contribution in [0.1, 0.15) is 37.7 Å². The van der Waals surface area contributed by atoms with Gasteiger partial charge in [-0.25, -0.2) is 0 Å². The van der Waals surface area contributed by atoms with Gasteiger partial charge < -0.3 is 9.80 Å². The molecular weight excluding hydrogens is 342 g/mol. The molecule has 0 aliphatic carbocycles. The van der Waals surface area contributed by atoms with Crippen LogP contribution in [0.4, 0.5) is 5.69 Å². The van der Waals surface area contributed by atoms with E-state index in [1.165, 1.54) is 31.4 Å². The molecule has 0 N–H and O–H groups in total. The molecule has 1 aromatic carbocycles. The summed E-state index contributed by atoms with van der Waals surface area (Å²) in [6.07, 6.45) is 6.21. The van der Waals surface area contributed by atoms with Gasteiger partial charge in [0.25, 0.3) is 5.69 Å². The first-order valence-corrected chi connectivity index (χ1v) is 8.88. The molecule has 6 nitrogen and oxygen atoms in total. The predicted octanol–water partition coefficient (Wildman–Crippen LogP) is 3.04. The molecule has 25 heavy (non-hydrogen) atoms. The number of likely N-dealkylation sites (tertiary alicyclic amines) is 2. The van der Waals surface area contributed by atoms with E-state index in [9.17, 15) is 14.9 Å². The Morgan fingerprint density at radius 1 is 1.08 bits per heavy atom. The van der Waals surface area contributed by atoms with E-state index >= 15 is 0 Å². The van der Waals surface area contributed by atoms with E-state index in [2.05, 4.69) is 4.90 Å². The Kier molecular flexibility index (Phi) is 7.20. The average molecular weight is 368 g/mol. The van der Waals surface area contributed by atoms with Crippen molar-refractivity contribution in [2.75, 3.05) is 26.2 Å². The van der Waals surface area contributed by atoms with Gasteiger partial charge >= 0.3 is 0 Å². The Hall–Kier alpha value is -1.66. The molecule has 2 fully saturated rings. The minimum absolute atomic E-state index is 0. The molecule has 7 heteroatoms. The number of nitrogens with zero attached hydrogens (tertiary/aromatic N) is 3. The Morgan fingerprint density at radius 2 is 1.72 bits per heavy atom. The minimum atomic E-state index is -0.414. The quantitative estimate of drug-likeness (QED) is 0.592. The van der Waals surface area contributed by atoms with E-state index in [1.807, 2.05) is 4.90 Å². The lowest BCUT2D eigenvalue weighted by Crippen LogP contribution is -2.49. The van der Waals surface area contributed by atoms with Crippen LogP contribution in [0.15, 0.2) is 24.3 Å². The van der Waals surface area contributed by atoms with Crippen molar-refractivity contribution in [3.8, 4) is 0 Å². The normalized spacial score (nSPS) is 21.0. The van der Waals surface area contributed by atoms with Crippen LogP contribution in [0.3, 0.4) is 0 Å². The standard InChI is InChI=1S/C18H25N3O3.ClH/c22-18(13-15-6-8-16(9-7-15)21(23)24)20-12-2-1-5-17(20)14-19-10-3-4-11-19;/h6-9,17H,1-5,10-14H2;1H/t17-;/m0./s1. The van der Waals surface area contributed by atoms with Crippen LogP contribution < -0.4 is 0 Å². The molecule has 138 valence electrons. The summed E-state index contributed by atoms with van der Waals surface area (Å²) in [6, 6.07) is 6.65. The van der Waals surface area contributed by atoms with Crippen molar-refractivity contribution in [3.05, 3.63) is 39.9 Å². The topological polar surface area (TPSA) is 66.7 Å². The molecule has 1 atom stereocenters. The second-order valence-electron chi connectivity index (χ2n) is 6.84. The summed E-state index contributed by atoms with van der Waals surface area (Å²) in [4.78, 5) is 27.6. The Labute approximate surface area is 154 Å². The van der Waals surface area contributed by atoms with Gasteiger partial charge in [-0.2, -0.15) is 0 Å². The highest BCUT2D eigenvalue weighted by atomic mass is 35.5. The summed E-state index contributed by atoms with van der Waals surface area (Å²) in [5.41, 5.74) is 0.909. The van der Waals surface area contributed by atoms with Crippen LogP contribution in [-0.2, 0) is 11.2 Å². The van der Waals surface area contributed by atoms with Crippen molar-refractivity contribution in [2.24, 2.45) is 0 Å². The van der Waals surface area contributed by atoms with Gasteiger partial charge in [0.15, 0.2) is 0 Å². The molecule has 0 aromatic heterocycles. The summed E-state index contributed by atoms with van der Waals surface area (Å²) in [5.74, 6) is 0.146. The number of nitro benzene ring substituents is 1. The Bertz CT molecular complexity index is 588. The zero-order valence-corrected chi connectivity index (χ0v) is 15.2. The molecule has 2 aliphatic rings. The van der Waals surface area contributed by atoms with E-state index in [1.54, 1.807) is 12.1 Å². The fourth-order valence-corrected chi connectivity index (χ4v) is 3.79. The lowest BCUT2D eigenvalue weighted by Gasteiger charge is -2.38. The fourth-order valence-electron chi connectivity index (χ4n) is 3.79. The number of hydrogen-bond donors (Lipinski definition) is 0. The smallest absolute Gasteiger partial charge is 0.269 e. The van der Waals surface area contributed by atoms with Gasteiger partial charge in [0, 0.05) is 31.3 Å². The van der Waals surface area contributed by atoms with Crippen LogP contribution in [0.2, 0.25) is 0 Å². The zero-order valence-electron chi connectivity index (χ0n) is 14.4. The molecule has 1 amide bonds. The Morgan fingerprint density at radius 3 is 2.36 bits per heavy atom. The number of carbonyl (C=O) groups excluding carboxylic acids is 1. The highest BCUT2D eigenvalue weighted by molar-refractivity contribution is 5.85. The zero-order chi connectivity index (χ0) is 16.9. The average Bonchev–Trinajstić information content (AvgIpc) is 3.09. The molecule has 0 bridgehead atoms. The number of nitro groups is 1. The molecule has 2 aliphatic heterocycles. The predicted molar refractivity (Wildman–Crippen MR) is 99.1 cm³/mol. The monoisotopic (exact) mass is 367 g/mol. The first-order chi connectivity index (χ1) is 11.6. The molecule has 0 saturated carbocycles. The largest absolute Gasteiger partial charge is 0.338 e. The van der Waals surface area contributed by atoms with Gasteiger partial charge in [0.05, 0.1) is 11.3 Å². The molecule has 2 saturated heterocycles. The number of carbonyl (C=O) groups is 1. The van der Waals surface area contributed by atoms with Crippen molar-refractivity contribution < 1.29 is 9.72 Å². The SMILES string of the molecule is Cl.O=C(Cc1ccc([N+](=O)[O-])cc1)N1CCCC[C@H]1CN1CCCC1. The summed E-state index contributed by atoms with van der Waals surface area (Å²) in [5, 5.41) is 10.7. The van der Waals surface area contributed by atoms with Crippen molar-refractivity contribution in [1.82, 2.24) is 9.80 Å². The van der Waals surface area contributed by atoms with Crippen LogP contribution in [0.5, 0.6) is 0 Å². The lowest BCUT2D eigenvalue weighted by molar-refractivity contribution is -0.384. The third kappa shape index (κ3) is 5.16. The molecule has 0 unspecified atom stereocenters. The van der Waals surface area contributed by atoms with Crippen molar-refractivity contribution in [2.45, 2.75) is 44.6 Å². The van der Waals surface area contributed by atoms with Gasteiger partial charge in [0.1, 0.15) is 0 Å². The van der Waals surface area contributed by atoms with Crippen LogP contribution in [0, 0.1) is 10.1 Å². The molecule has 3 rings (SSSR count). The first kappa shape index (κ1) is 19.7. The Balaban J connectivity index is 0.00000225. The lowest BCUT2D eigenvalue weighted by atomic mass is 10.00. The maximum absolute atomic E-state index is 12.7. The number of hydrogen-bond acceptors (Lipinski definition) is 4. The van der Waals surface area contributed by atoms with Crippen LogP contribution >= 0.6 is 12.4 Å². The van der Waals surface area contributed by atoms with Crippen molar-refractivity contribution in [3.63, 3.8) is 0 Å². The van der Waals surface area contributed by atoms with E-state index in [0.29, 0.717) is 12.5 Å². The van der Waals surface area contributed by atoms with E-state index in [-0.39, 0.29) is 24.0 Å².